The van der Waals surface area contributed by atoms with E-state index in [1.54, 1.807) is 12.4 Å². The van der Waals surface area contributed by atoms with Gasteiger partial charge >= 0.3 is 0 Å². The zero-order valence-corrected chi connectivity index (χ0v) is 21.1. The first-order valence-electron chi connectivity index (χ1n) is 11.2. The lowest BCUT2D eigenvalue weighted by Gasteiger charge is -2.20. The highest BCUT2D eigenvalue weighted by atomic mass is 35.5. The van der Waals surface area contributed by atoms with Crippen LogP contribution >= 0.6 is 23.2 Å². The van der Waals surface area contributed by atoms with Crippen LogP contribution in [0.3, 0.4) is 0 Å². The number of nitrogens with zero attached hydrogens (tertiary/aromatic N) is 5. The van der Waals surface area contributed by atoms with Gasteiger partial charge in [-0.1, -0.05) is 35.3 Å². The van der Waals surface area contributed by atoms with E-state index in [9.17, 15) is 0 Å². The van der Waals surface area contributed by atoms with Gasteiger partial charge in [0.2, 0.25) is 0 Å². The van der Waals surface area contributed by atoms with Crippen molar-refractivity contribution >= 4 is 39.9 Å². The van der Waals surface area contributed by atoms with Crippen LogP contribution in [0.15, 0.2) is 42.9 Å². The molecule has 0 bridgehead atoms. The zero-order valence-electron chi connectivity index (χ0n) is 19.6. The predicted molar refractivity (Wildman–Crippen MR) is 138 cm³/mol. The van der Waals surface area contributed by atoms with Crippen molar-refractivity contribution in [3.05, 3.63) is 70.0 Å². The van der Waals surface area contributed by atoms with Gasteiger partial charge in [-0.2, -0.15) is 0 Å². The van der Waals surface area contributed by atoms with Gasteiger partial charge < -0.3 is 19.9 Å². The van der Waals surface area contributed by atoms with Crippen molar-refractivity contribution < 1.29 is 4.74 Å². The van der Waals surface area contributed by atoms with Crippen molar-refractivity contribution in [3.8, 4) is 11.4 Å². The topological polar surface area (TPSA) is 82.1 Å². The number of para-hydroxylation sites is 1. The molecule has 4 heterocycles. The molecule has 1 aliphatic heterocycles. The summed E-state index contributed by atoms with van der Waals surface area (Å²) in [6.45, 7) is 6.10. The van der Waals surface area contributed by atoms with Gasteiger partial charge in [0.1, 0.15) is 29.5 Å². The van der Waals surface area contributed by atoms with Gasteiger partial charge in [-0.15, -0.1) is 0 Å². The SMILES string of the molecule is CN.Cc1cc(-n2ccnc2C)c2cccc(OCc3c(Cl)cnc(N4CCCC4)c3Cl)c2n1. The molecular weight excluding hydrogens is 471 g/mol. The molecule has 3 aromatic heterocycles. The third-order valence-corrected chi connectivity index (χ3v) is 6.54. The summed E-state index contributed by atoms with van der Waals surface area (Å²) in [4.78, 5) is 15.8. The largest absolute Gasteiger partial charge is 0.487 e. The summed E-state index contributed by atoms with van der Waals surface area (Å²) in [5.74, 6) is 2.36. The van der Waals surface area contributed by atoms with Gasteiger partial charge in [0.05, 0.1) is 15.7 Å². The number of fused-ring (bicyclic) bond motifs is 1. The summed E-state index contributed by atoms with van der Waals surface area (Å²) in [6.07, 6.45) is 7.69. The minimum atomic E-state index is 0.231. The molecule has 0 atom stereocenters. The van der Waals surface area contributed by atoms with Crippen LogP contribution in [0.25, 0.3) is 16.6 Å². The van der Waals surface area contributed by atoms with Crippen LogP contribution in [0.2, 0.25) is 10.0 Å². The van der Waals surface area contributed by atoms with Crippen LogP contribution in [0.5, 0.6) is 5.75 Å². The van der Waals surface area contributed by atoms with Crippen LogP contribution in [0.4, 0.5) is 5.82 Å². The normalized spacial score (nSPS) is 13.2. The van der Waals surface area contributed by atoms with Crippen LogP contribution in [0, 0.1) is 13.8 Å². The van der Waals surface area contributed by atoms with Gasteiger partial charge in [0.15, 0.2) is 0 Å². The fraction of sp³-hybridized carbons (Fsp3) is 0.320. The smallest absolute Gasteiger partial charge is 0.147 e. The van der Waals surface area contributed by atoms with Gasteiger partial charge in [-0.25, -0.2) is 15.0 Å². The van der Waals surface area contributed by atoms with Crippen molar-refractivity contribution in [2.45, 2.75) is 33.3 Å². The van der Waals surface area contributed by atoms with E-state index in [1.165, 1.54) is 7.05 Å². The van der Waals surface area contributed by atoms with Crippen LogP contribution in [0.1, 0.15) is 29.9 Å². The van der Waals surface area contributed by atoms with Crippen molar-refractivity contribution in [2.75, 3.05) is 25.0 Å². The Morgan fingerprint density at radius 2 is 1.85 bits per heavy atom. The lowest BCUT2D eigenvalue weighted by atomic mass is 10.1. The lowest BCUT2D eigenvalue weighted by Crippen LogP contribution is -2.20. The molecule has 4 aromatic rings. The molecule has 178 valence electrons. The number of hydrogen-bond donors (Lipinski definition) is 1. The number of halogens is 2. The van der Waals surface area contributed by atoms with Crippen molar-refractivity contribution in [1.82, 2.24) is 19.5 Å². The van der Waals surface area contributed by atoms with E-state index < -0.39 is 0 Å². The molecule has 5 rings (SSSR count). The van der Waals surface area contributed by atoms with E-state index in [2.05, 4.69) is 31.2 Å². The Balaban J connectivity index is 0.00000133. The van der Waals surface area contributed by atoms with Crippen molar-refractivity contribution in [3.63, 3.8) is 0 Å². The molecule has 0 aliphatic carbocycles. The highest BCUT2D eigenvalue weighted by Gasteiger charge is 2.21. The Hall–Kier alpha value is -2.87. The number of ether oxygens (including phenoxy) is 1. The maximum atomic E-state index is 6.72. The quantitative estimate of drug-likeness (QED) is 0.391. The number of imidazole rings is 1. The van der Waals surface area contributed by atoms with E-state index in [0.29, 0.717) is 15.8 Å². The Labute approximate surface area is 209 Å². The summed E-state index contributed by atoms with van der Waals surface area (Å²) in [7, 11) is 1.50. The van der Waals surface area contributed by atoms with Gasteiger partial charge in [-0.3, -0.25) is 0 Å². The lowest BCUT2D eigenvalue weighted by molar-refractivity contribution is 0.309. The summed E-state index contributed by atoms with van der Waals surface area (Å²) < 4.78 is 8.29. The Kier molecular flexibility index (Phi) is 7.56. The molecular formula is C25H28Cl2N6O. The molecule has 34 heavy (non-hydrogen) atoms. The molecule has 1 fully saturated rings. The molecule has 7 nitrogen and oxygen atoms in total. The van der Waals surface area contributed by atoms with E-state index in [1.807, 2.05) is 38.2 Å². The second-order valence-corrected chi connectivity index (χ2v) is 8.77. The molecule has 0 amide bonds. The first kappa shape index (κ1) is 24.3. The maximum absolute atomic E-state index is 6.72. The second-order valence-electron chi connectivity index (χ2n) is 7.98. The van der Waals surface area contributed by atoms with Crippen LogP contribution in [-0.4, -0.2) is 39.7 Å². The summed E-state index contributed by atoms with van der Waals surface area (Å²) in [5.41, 5.74) is 7.94. The summed E-state index contributed by atoms with van der Waals surface area (Å²) in [5, 5.41) is 2.04. The molecule has 9 heteroatoms. The van der Waals surface area contributed by atoms with E-state index >= 15 is 0 Å². The number of benzene rings is 1. The second kappa shape index (κ2) is 10.6. The van der Waals surface area contributed by atoms with Crippen LogP contribution < -0.4 is 15.4 Å². The third-order valence-electron chi connectivity index (χ3n) is 5.82. The first-order chi connectivity index (χ1) is 16.5. The highest BCUT2D eigenvalue weighted by molar-refractivity contribution is 6.37. The minimum absolute atomic E-state index is 0.231. The highest BCUT2D eigenvalue weighted by Crippen LogP contribution is 2.35. The third kappa shape index (κ3) is 4.69. The fourth-order valence-corrected chi connectivity index (χ4v) is 4.77. The number of rotatable bonds is 5. The molecule has 0 spiro atoms. The van der Waals surface area contributed by atoms with E-state index in [4.69, 9.17) is 32.9 Å². The van der Waals surface area contributed by atoms with Gasteiger partial charge in [0, 0.05) is 48.3 Å². The van der Waals surface area contributed by atoms with Crippen molar-refractivity contribution in [1.29, 1.82) is 0 Å². The first-order valence-corrected chi connectivity index (χ1v) is 12.0. The fourth-order valence-electron chi connectivity index (χ4n) is 4.20. The molecule has 1 aliphatic rings. The van der Waals surface area contributed by atoms with Crippen LogP contribution in [-0.2, 0) is 6.61 Å². The van der Waals surface area contributed by atoms with Gasteiger partial charge in [0.25, 0.3) is 0 Å². The number of aromatic nitrogens is 4. The number of anilines is 1. The molecule has 1 aromatic carbocycles. The molecule has 0 saturated carbocycles. The molecule has 1 saturated heterocycles. The van der Waals surface area contributed by atoms with E-state index in [0.717, 1.165) is 65.4 Å². The summed E-state index contributed by atoms with van der Waals surface area (Å²) in [6, 6.07) is 7.99. The maximum Gasteiger partial charge on any atom is 0.147 e. The van der Waals surface area contributed by atoms with Gasteiger partial charge in [-0.05, 0) is 45.9 Å². The standard InChI is InChI=1S/C24H23Cl2N5O.CH5N/c1-15-12-20(31-11-8-27-16(31)2)17-6-5-7-21(23(17)29-15)32-14-18-19(25)13-28-24(22(18)26)30-9-3-4-10-30;1-2/h5-8,11-13H,3-4,9-10,14H2,1-2H3;2H2,1H3. The number of pyridine rings is 2. The molecule has 2 N–H and O–H groups in total. The Bertz CT molecular complexity index is 1300. The Morgan fingerprint density at radius 1 is 1.09 bits per heavy atom. The van der Waals surface area contributed by atoms with Crippen molar-refractivity contribution in [2.24, 2.45) is 5.73 Å². The molecule has 0 radical (unpaired) electrons. The zero-order chi connectivity index (χ0) is 24.2. The number of aryl methyl sites for hydroxylation is 2. The average molecular weight is 499 g/mol. The average Bonchev–Trinajstić information content (AvgIpc) is 3.52. The molecule has 0 unspecified atom stereocenters. The van der Waals surface area contributed by atoms with E-state index in [-0.39, 0.29) is 6.61 Å². The minimum Gasteiger partial charge on any atom is -0.487 e. The predicted octanol–water partition coefficient (Wildman–Crippen LogP) is 5.49. The Morgan fingerprint density at radius 3 is 2.56 bits per heavy atom. The summed E-state index contributed by atoms with van der Waals surface area (Å²) >= 11 is 13.2. The number of hydrogen-bond acceptors (Lipinski definition) is 6. The monoisotopic (exact) mass is 498 g/mol. The number of nitrogens with two attached hydrogens (primary N) is 1.